The van der Waals surface area contributed by atoms with Gasteiger partial charge in [-0.3, -0.25) is 4.68 Å². The van der Waals surface area contributed by atoms with Crippen LogP contribution >= 0.6 is 0 Å². The number of hydrogen-bond acceptors (Lipinski definition) is 4. The molecule has 0 amide bonds. The van der Waals surface area contributed by atoms with Gasteiger partial charge >= 0.3 is 0 Å². The van der Waals surface area contributed by atoms with Crippen molar-refractivity contribution in [1.82, 2.24) is 20.3 Å². The van der Waals surface area contributed by atoms with E-state index in [1.165, 1.54) is 0 Å². The van der Waals surface area contributed by atoms with Crippen LogP contribution in [0.4, 0.5) is 0 Å². The second kappa shape index (κ2) is 4.05. The van der Waals surface area contributed by atoms with Gasteiger partial charge in [0.05, 0.1) is 12.2 Å². The highest BCUT2D eigenvalue weighted by molar-refractivity contribution is 4.90. The van der Waals surface area contributed by atoms with Crippen molar-refractivity contribution in [3.05, 3.63) is 11.9 Å². The Morgan fingerprint density at radius 1 is 1.73 bits per heavy atom. The third-order valence-corrected chi connectivity index (χ3v) is 1.39. The summed E-state index contributed by atoms with van der Waals surface area (Å²) in [5.41, 5.74) is 6.19. The molecule has 0 atom stereocenters. The Morgan fingerprint density at radius 3 is 3.09 bits per heavy atom. The monoisotopic (exact) mass is 155 g/mol. The van der Waals surface area contributed by atoms with Crippen molar-refractivity contribution >= 4 is 0 Å². The molecule has 0 aliphatic carbocycles. The van der Waals surface area contributed by atoms with Gasteiger partial charge in [0, 0.05) is 19.3 Å². The first-order chi connectivity index (χ1) is 5.36. The van der Waals surface area contributed by atoms with Crippen LogP contribution in [0.15, 0.2) is 6.20 Å². The Bertz CT molecular complexity index is 206. The average Bonchev–Trinajstić information content (AvgIpc) is 2.48. The molecule has 0 bridgehead atoms. The van der Waals surface area contributed by atoms with Crippen molar-refractivity contribution in [3.8, 4) is 0 Å². The lowest BCUT2D eigenvalue weighted by molar-refractivity contribution is 0.565. The lowest BCUT2D eigenvalue weighted by atomic mass is 10.5. The second-order valence-electron chi connectivity index (χ2n) is 2.28. The quantitative estimate of drug-likeness (QED) is 0.582. The van der Waals surface area contributed by atoms with Gasteiger partial charge in [0.2, 0.25) is 0 Å². The first-order valence-corrected chi connectivity index (χ1v) is 3.60. The van der Waals surface area contributed by atoms with E-state index in [0.29, 0.717) is 6.54 Å². The maximum absolute atomic E-state index is 5.36. The topological polar surface area (TPSA) is 68.8 Å². The van der Waals surface area contributed by atoms with Gasteiger partial charge in [-0.2, -0.15) is 0 Å². The molecule has 5 heteroatoms. The number of aromatic nitrogens is 3. The number of likely N-dealkylation sites (N-methyl/N-ethyl adjacent to an activating group) is 1. The molecule has 0 fully saturated rings. The summed E-state index contributed by atoms with van der Waals surface area (Å²) in [6.07, 6.45) is 1.86. The summed E-state index contributed by atoms with van der Waals surface area (Å²) in [5, 5.41) is 10.7. The van der Waals surface area contributed by atoms with E-state index in [-0.39, 0.29) is 0 Å². The molecule has 0 spiro atoms. The van der Waals surface area contributed by atoms with Crippen LogP contribution in [-0.4, -0.2) is 28.6 Å². The van der Waals surface area contributed by atoms with Gasteiger partial charge in [-0.25, -0.2) is 0 Å². The highest BCUT2D eigenvalue weighted by atomic mass is 15.4. The predicted octanol–water partition coefficient (Wildman–Crippen LogP) is -1.04. The predicted molar refractivity (Wildman–Crippen MR) is 41.8 cm³/mol. The molecule has 0 aromatic carbocycles. The highest BCUT2D eigenvalue weighted by Crippen LogP contribution is 1.89. The molecule has 0 saturated heterocycles. The SMILES string of the molecule is CNCCn1cc(CN)nn1. The molecule has 11 heavy (non-hydrogen) atoms. The molecule has 1 rings (SSSR count). The smallest absolute Gasteiger partial charge is 0.0962 e. The van der Waals surface area contributed by atoms with Gasteiger partial charge in [0.15, 0.2) is 0 Å². The van der Waals surface area contributed by atoms with E-state index < -0.39 is 0 Å². The van der Waals surface area contributed by atoms with E-state index in [2.05, 4.69) is 15.6 Å². The average molecular weight is 155 g/mol. The standard InChI is InChI=1S/C6H13N5/c1-8-2-3-11-5-6(4-7)9-10-11/h5,8H,2-4,7H2,1H3. The minimum Gasteiger partial charge on any atom is -0.325 e. The first-order valence-electron chi connectivity index (χ1n) is 3.60. The number of rotatable bonds is 4. The molecule has 5 nitrogen and oxygen atoms in total. The fourth-order valence-electron chi connectivity index (χ4n) is 0.768. The minimum atomic E-state index is 0.458. The summed E-state index contributed by atoms with van der Waals surface area (Å²) in [4.78, 5) is 0. The molecule has 1 aromatic rings. The van der Waals surface area contributed by atoms with Gasteiger partial charge in [-0.15, -0.1) is 5.10 Å². The van der Waals surface area contributed by atoms with E-state index in [4.69, 9.17) is 5.73 Å². The van der Waals surface area contributed by atoms with Gasteiger partial charge in [0.1, 0.15) is 0 Å². The number of nitrogens with one attached hydrogen (secondary N) is 1. The normalized spacial score (nSPS) is 10.4. The minimum absolute atomic E-state index is 0.458. The Balaban J connectivity index is 2.44. The Morgan fingerprint density at radius 2 is 2.55 bits per heavy atom. The Hall–Kier alpha value is -0.940. The molecule has 0 aliphatic rings. The van der Waals surface area contributed by atoms with Crippen LogP contribution in [0, 0.1) is 0 Å². The first kappa shape index (κ1) is 8.16. The third kappa shape index (κ3) is 2.28. The lowest BCUT2D eigenvalue weighted by Crippen LogP contribution is -2.15. The van der Waals surface area contributed by atoms with Gasteiger partial charge in [-0.1, -0.05) is 5.21 Å². The molecule has 1 aromatic heterocycles. The van der Waals surface area contributed by atoms with Crippen LogP contribution in [0.25, 0.3) is 0 Å². The van der Waals surface area contributed by atoms with Crippen molar-refractivity contribution in [2.75, 3.05) is 13.6 Å². The maximum atomic E-state index is 5.36. The maximum Gasteiger partial charge on any atom is 0.0962 e. The summed E-state index contributed by atoms with van der Waals surface area (Å²) in [5.74, 6) is 0. The molecular formula is C6H13N5. The summed E-state index contributed by atoms with van der Waals surface area (Å²) < 4.78 is 1.78. The van der Waals surface area contributed by atoms with Gasteiger partial charge < -0.3 is 11.1 Å². The second-order valence-corrected chi connectivity index (χ2v) is 2.28. The zero-order valence-electron chi connectivity index (χ0n) is 6.62. The summed E-state index contributed by atoms with van der Waals surface area (Å²) in [7, 11) is 1.90. The molecule has 0 unspecified atom stereocenters. The van der Waals surface area contributed by atoms with E-state index in [0.717, 1.165) is 18.8 Å². The third-order valence-electron chi connectivity index (χ3n) is 1.39. The fraction of sp³-hybridized carbons (Fsp3) is 0.667. The van der Waals surface area contributed by atoms with E-state index in [1.54, 1.807) is 4.68 Å². The van der Waals surface area contributed by atoms with Crippen LogP contribution in [0.2, 0.25) is 0 Å². The van der Waals surface area contributed by atoms with Gasteiger partial charge in [0.25, 0.3) is 0 Å². The Labute approximate surface area is 65.6 Å². The molecule has 0 radical (unpaired) electrons. The summed E-state index contributed by atoms with van der Waals surface area (Å²) in [6, 6.07) is 0. The number of nitrogens with zero attached hydrogens (tertiary/aromatic N) is 3. The number of hydrogen-bond donors (Lipinski definition) is 2. The van der Waals surface area contributed by atoms with E-state index in [1.807, 2.05) is 13.2 Å². The van der Waals surface area contributed by atoms with Crippen molar-refractivity contribution in [2.45, 2.75) is 13.1 Å². The van der Waals surface area contributed by atoms with Gasteiger partial charge in [-0.05, 0) is 7.05 Å². The van der Waals surface area contributed by atoms with Crippen LogP contribution in [-0.2, 0) is 13.1 Å². The van der Waals surface area contributed by atoms with Crippen molar-refractivity contribution in [2.24, 2.45) is 5.73 Å². The van der Waals surface area contributed by atoms with Crippen LogP contribution in [0.1, 0.15) is 5.69 Å². The van der Waals surface area contributed by atoms with E-state index >= 15 is 0 Å². The fourth-order valence-corrected chi connectivity index (χ4v) is 0.768. The van der Waals surface area contributed by atoms with Crippen LogP contribution in [0.5, 0.6) is 0 Å². The molecule has 3 N–H and O–H groups in total. The molecule has 1 heterocycles. The van der Waals surface area contributed by atoms with Crippen LogP contribution < -0.4 is 11.1 Å². The Kier molecular flexibility index (Phi) is 3.00. The van der Waals surface area contributed by atoms with Crippen molar-refractivity contribution < 1.29 is 0 Å². The van der Waals surface area contributed by atoms with E-state index in [9.17, 15) is 0 Å². The largest absolute Gasteiger partial charge is 0.325 e. The van der Waals surface area contributed by atoms with Crippen molar-refractivity contribution in [1.29, 1.82) is 0 Å². The molecule has 0 aliphatic heterocycles. The summed E-state index contributed by atoms with van der Waals surface area (Å²) >= 11 is 0. The highest BCUT2D eigenvalue weighted by Gasteiger charge is 1.95. The number of nitrogens with two attached hydrogens (primary N) is 1. The van der Waals surface area contributed by atoms with Crippen LogP contribution in [0.3, 0.4) is 0 Å². The molecule has 62 valence electrons. The van der Waals surface area contributed by atoms with Crippen molar-refractivity contribution in [3.63, 3.8) is 0 Å². The zero-order chi connectivity index (χ0) is 8.10. The molecular weight excluding hydrogens is 142 g/mol. The lowest BCUT2D eigenvalue weighted by Gasteiger charge is -1.96. The zero-order valence-corrected chi connectivity index (χ0v) is 6.62. The summed E-state index contributed by atoms with van der Waals surface area (Å²) in [6.45, 7) is 2.19. The molecule has 0 saturated carbocycles.